The zero-order chi connectivity index (χ0) is 24.6. The maximum Gasteiger partial charge on any atom is 0.359 e. The molecule has 0 amide bonds. The molecule has 1 heterocycles. The Morgan fingerprint density at radius 1 is 0.853 bits per heavy atom. The summed E-state index contributed by atoms with van der Waals surface area (Å²) in [5, 5.41) is 0. The first kappa shape index (κ1) is 23.1. The molecule has 0 aliphatic heterocycles. The van der Waals surface area contributed by atoms with E-state index in [0.29, 0.717) is 22.4 Å². The van der Waals surface area contributed by atoms with Gasteiger partial charge in [-0.1, -0.05) is 47.5 Å². The summed E-state index contributed by atoms with van der Waals surface area (Å²) in [6, 6.07) is 15.9. The van der Waals surface area contributed by atoms with E-state index >= 15 is 0 Å². The molecule has 1 atom stereocenters. The smallest absolute Gasteiger partial charge is 0.359 e. The van der Waals surface area contributed by atoms with Crippen molar-refractivity contribution < 1.29 is 18.7 Å². The van der Waals surface area contributed by atoms with Crippen LogP contribution >= 0.6 is 0 Å². The van der Waals surface area contributed by atoms with Crippen LogP contribution in [0, 0.1) is 34.6 Å². The lowest BCUT2D eigenvalue weighted by Gasteiger charge is -2.18. The molecule has 0 saturated heterocycles. The summed E-state index contributed by atoms with van der Waals surface area (Å²) in [7, 11) is 0. The maximum atomic E-state index is 13.7. The molecule has 172 valence electrons. The Kier molecular flexibility index (Phi) is 6.16. The molecule has 0 fully saturated rings. The number of carbonyl (C=O) groups is 2. The first-order chi connectivity index (χ1) is 16.2. The molecule has 34 heavy (non-hydrogen) atoms. The molecule has 0 N–H and O–H groups in total. The highest BCUT2D eigenvalue weighted by Gasteiger charge is 2.37. The lowest BCUT2D eigenvalue weighted by atomic mass is 9.91. The molecular weight excluding hydrogens is 430 g/mol. The van der Waals surface area contributed by atoms with Crippen molar-refractivity contribution in [2.75, 3.05) is 0 Å². The Morgan fingerprint density at radius 3 is 2.24 bits per heavy atom. The van der Waals surface area contributed by atoms with Gasteiger partial charge in [0.1, 0.15) is 17.0 Å². The molecule has 6 heteroatoms. The molecule has 3 aromatic carbocycles. The van der Waals surface area contributed by atoms with Crippen molar-refractivity contribution in [1.29, 1.82) is 0 Å². The summed E-state index contributed by atoms with van der Waals surface area (Å²) in [5.74, 6) is -2.67. The van der Waals surface area contributed by atoms with Gasteiger partial charge in [0, 0.05) is 5.56 Å². The topological polar surface area (TPSA) is 86.5 Å². The van der Waals surface area contributed by atoms with E-state index in [1.807, 2.05) is 45.9 Å². The summed E-state index contributed by atoms with van der Waals surface area (Å²) in [5.41, 5.74) is 3.88. The third-order valence-corrected chi connectivity index (χ3v) is 5.76. The monoisotopic (exact) mass is 455 g/mol. The molecule has 6 nitrogen and oxygen atoms in total. The van der Waals surface area contributed by atoms with Crippen molar-refractivity contribution in [3.05, 3.63) is 104 Å². The number of ether oxygens (including phenoxy) is 1. The second kappa shape index (κ2) is 9.06. The Labute approximate surface area is 197 Å². The number of hydrogen-bond acceptors (Lipinski definition) is 6. The third kappa shape index (κ3) is 4.39. The van der Waals surface area contributed by atoms with Crippen molar-refractivity contribution in [1.82, 2.24) is 4.98 Å². The zero-order valence-corrected chi connectivity index (χ0v) is 19.8. The molecule has 4 aromatic rings. The fraction of sp³-hybridized carbons (Fsp3) is 0.214. The second-order valence-electron chi connectivity index (χ2n) is 8.62. The van der Waals surface area contributed by atoms with Crippen LogP contribution in [0.25, 0.3) is 11.1 Å². The Bertz CT molecular complexity index is 1480. The summed E-state index contributed by atoms with van der Waals surface area (Å²) in [4.78, 5) is 44.6. The molecule has 1 aromatic heterocycles. The van der Waals surface area contributed by atoms with Crippen LogP contribution in [0.3, 0.4) is 0 Å². The standard InChI is InChI=1S/C28H25NO5/c1-15-10-11-17(3)20(14-15)25(30)23(24-28(32)33-22-9-7-6-8-21(22)29-24)27(31)34-26-18(4)12-16(2)13-19(26)5/h6-14,23H,1-5H3. The highest BCUT2D eigenvalue weighted by atomic mass is 16.5. The van der Waals surface area contributed by atoms with Gasteiger partial charge in [-0.15, -0.1) is 0 Å². The Hall–Kier alpha value is -4.06. The number of esters is 1. The van der Waals surface area contributed by atoms with Crippen LogP contribution in [0.5, 0.6) is 5.75 Å². The van der Waals surface area contributed by atoms with Crippen LogP contribution in [-0.4, -0.2) is 16.7 Å². The molecule has 0 saturated carbocycles. The van der Waals surface area contributed by atoms with Gasteiger partial charge in [0.25, 0.3) is 0 Å². The number of aryl methyl sites for hydroxylation is 5. The number of fused-ring (bicyclic) bond motifs is 1. The number of rotatable bonds is 5. The predicted octanol–water partition coefficient (Wildman–Crippen LogP) is 5.30. The predicted molar refractivity (Wildman–Crippen MR) is 130 cm³/mol. The minimum Gasteiger partial charge on any atom is -0.425 e. The number of aromatic nitrogens is 1. The number of para-hydroxylation sites is 2. The van der Waals surface area contributed by atoms with E-state index in [1.165, 1.54) is 0 Å². The van der Waals surface area contributed by atoms with Crippen LogP contribution in [0.15, 0.2) is 63.8 Å². The lowest BCUT2D eigenvalue weighted by Crippen LogP contribution is -2.32. The molecule has 4 rings (SSSR count). The minimum atomic E-state index is -1.58. The number of nitrogens with zero attached hydrogens (tertiary/aromatic N) is 1. The average Bonchev–Trinajstić information content (AvgIpc) is 2.78. The fourth-order valence-corrected chi connectivity index (χ4v) is 4.13. The molecule has 0 bridgehead atoms. The first-order valence-electron chi connectivity index (χ1n) is 11.0. The molecule has 0 radical (unpaired) electrons. The minimum absolute atomic E-state index is 0.271. The molecule has 0 spiro atoms. The van der Waals surface area contributed by atoms with Crippen molar-refractivity contribution >= 4 is 22.9 Å². The van der Waals surface area contributed by atoms with Gasteiger partial charge < -0.3 is 9.15 Å². The van der Waals surface area contributed by atoms with Crippen molar-refractivity contribution in [2.45, 2.75) is 40.5 Å². The highest BCUT2D eigenvalue weighted by Crippen LogP contribution is 2.29. The van der Waals surface area contributed by atoms with E-state index in [0.717, 1.165) is 22.3 Å². The number of benzene rings is 3. The van der Waals surface area contributed by atoms with Gasteiger partial charge in [-0.25, -0.2) is 9.78 Å². The van der Waals surface area contributed by atoms with E-state index < -0.39 is 23.3 Å². The van der Waals surface area contributed by atoms with Gasteiger partial charge in [0.05, 0.1) is 0 Å². The molecule has 1 unspecified atom stereocenters. The van der Waals surface area contributed by atoms with E-state index in [-0.39, 0.29) is 11.3 Å². The summed E-state index contributed by atoms with van der Waals surface area (Å²) in [6.45, 7) is 9.23. The average molecular weight is 456 g/mol. The van der Waals surface area contributed by atoms with Crippen molar-refractivity contribution in [2.24, 2.45) is 0 Å². The molecule has 0 aliphatic carbocycles. The normalized spacial score (nSPS) is 11.9. The van der Waals surface area contributed by atoms with E-state index in [9.17, 15) is 14.4 Å². The SMILES string of the molecule is Cc1cc(C)c(OC(=O)C(C(=O)c2cc(C)ccc2C)c2nc3ccccc3oc2=O)c(C)c1. The van der Waals surface area contributed by atoms with E-state index in [2.05, 4.69) is 4.98 Å². The maximum absolute atomic E-state index is 13.7. The van der Waals surface area contributed by atoms with E-state index in [4.69, 9.17) is 9.15 Å². The quantitative estimate of drug-likeness (QED) is 0.176. The Balaban J connectivity index is 1.88. The third-order valence-electron chi connectivity index (χ3n) is 5.76. The summed E-state index contributed by atoms with van der Waals surface area (Å²) < 4.78 is 11.1. The number of carbonyl (C=O) groups excluding carboxylic acids is 2. The van der Waals surface area contributed by atoms with Gasteiger partial charge in [0.15, 0.2) is 17.3 Å². The van der Waals surface area contributed by atoms with Crippen LogP contribution in [-0.2, 0) is 4.79 Å². The molecular formula is C28H25NO5. The molecule has 0 aliphatic rings. The number of hydrogen-bond donors (Lipinski definition) is 0. The van der Waals surface area contributed by atoms with Gasteiger partial charge in [0.2, 0.25) is 0 Å². The number of ketones is 1. The lowest BCUT2D eigenvalue weighted by molar-refractivity contribution is -0.135. The van der Waals surface area contributed by atoms with Crippen molar-refractivity contribution in [3.8, 4) is 5.75 Å². The number of Topliss-reactive ketones (excluding diaryl/α,β-unsaturated/α-hetero) is 1. The van der Waals surface area contributed by atoms with Gasteiger partial charge in [-0.2, -0.15) is 0 Å². The fourth-order valence-electron chi connectivity index (χ4n) is 4.13. The van der Waals surface area contributed by atoms with Crippen LogP contribution in [0.2, 0.25) is 0 Å². The summed E-state index contributed by atoms with van der Waals surface area (Å²) >= 11 is 0. The van der Waals surface area contributed by atoms with Gasteiger partial charge in [-0.05, 0) is 69.5 Å². The van der Waals surface area contributed by atoms with Gasteiger partial charge in [-0.3, -0.25) is 9.59 Å². The Morgan fingerprint density at radius 2 is 1.53 bits per heavy atom. The summed E-state index contributed by atoms with van der Waals surface area (Å²) in [6.07, 6.45) is 0. The largest absolute Gasteiger partial charge is 0.425 e. The first-order valence-corrected chi connectivity index (χ1v) is 11.0. The van der Waals surface area contributed by atoms with Crippen LogP contribution < -0.4 is 10.4 Å². The van der Waals surface area contributed by atoms with Crippen molar-refractivity contribution in [3.63, 3.8) is 0 Å². The zero-order valence-electron chi connectivity index (χ0n) is 19.8. The second-order valence-corrected chi connectivity index (χ2v) is 8.62. The highest BCUT2D eigenvalue weighted by molar-refractivity contribution is 6.13. The van der Waals surface area contributed by atoms with E-state index in [1.54, 1.807) is 43.3 Å². The van der Waals surface area contributed by atoms with Crippen LogP contribution in [0.1, 0.15) is 49.8 Å². The van der Waals surface area contributed by atoms with Crippen LogP contribution in [0.4, 0.5) is 0 Å². The van der Waals surface area contributed by atoms with Gasteiger partial charge >= 0.3 is 11.6 Å².